The maximum atomic E-state index is 13.2. The van der Waals surface area contributed by atoms with Gasteiger partial charge in [0.2, 0.25) is 17.7 Å². The summed E-state index contributed by atoms with van der Waals surface area (Å²) in [5, 5.41) is 15.3. The normalized spacial score (nSPS) is 17.2. The van der Waals surface area contributed by atoms with E-state index in [4.69, 9.17) is 9.72 Å². The number of aromatic amines is 1. The lowest BCUT2D eigenvalue weighted by Crippen LogP contribution is -2.33. The molecule has 4 N–H and O–H groups in total. The Bertz CT molecular complexity index is 1860. The van der Waals surface area contributed by atoms with Gasteiger partial charge in [-0.1, -0.05) is 31.4 Å². The summed E-state index contributed by atoms with van der Waals surface area (Å²) in [6.45, 7) is 5.68. The van der Waals surface area contributed by atoms with Gasteiger partial charge in [-0.3, -0.25) is 14.4 Å². The Morgan fingerprint density at radius 2 is 1.94 bits per heavy atom. The van der Waals surface area contributed by atoms with Crippen LogP contribution < -0.4 is 20.7 Å². The number of amides is 1. The van der Waals surface area contributed by atoms with Gasteiger partial charge in [0.25, 0.3) is 0 Å². The van der Waals surface area contributed by atoms with Gasteiger partial charge in [0.1, 0.15) is 18.2 Å². The third-order valence-electron chi connectivity index (χ3n) is 9.05. The average Bonchev–Trinajstić information content (AvgIpc) is 3.77. The summed E-state index contributed by atoms with van der Waals surface area (Å²) in [5.74, 6) is 2.45. The Kier molecular flexibility index (Phi) is 8.70. The van der Waals surface area contributed by atoms with Crippen LogP contribution >= 0.6 is 0 Å². The number of para-hydroxylation sites is 1. The highest BCUT2D eigenvalue weighted by Crippen LogP contribution is 2.33. The maximum Gasteiger partial charge on any atom is 0.238 e. The SMILES string of the molecule is Cc1cnc(Nc2cc(C)n(C)n2)nc1-c1c[nH]c2c(NC(=O)CN3CCC(Oc4cc(NC5CCCCC5)ncn4)C3)cccc12. The van der Waals surface area contributed by atoms with Crippen LogP contribution in [0.2, 0.25) is 0 Å². The minimum Gasteiger partial charge on any atom is -0.473 e. The van der Waals surface area contributed by atoms with E-state index in [0.29, 0.717) is 30.2 Å². The number of carbonyl (C=O) groups excluding carboxylic acids is 1. The molecule has 5 aromatic rings. The highest BCUT2D eigenvalue weighted by atomic mass is 16.5. The van der Waals surface area contributed by atoms with Crippen LogP contribution in [-0.2, 0) is 11.8 Å². The number of H-pyrrole nitrogens is 1. The van der Waals surface area contributed by atoms with E-state index in [1.165, 1.54) is 32.1 Å². The van der Waals surface area contributed by atoms with Crippen LogP contribution in [0.15, 0.2) is 49.1 Å². The van der Waals surface area contributed by atoms with Crippen molar-refractivity contribution in [3.8, 4) is 17.1 Å². The number of likely N-dealkylation sites (tertiary alicyclic amines) is 1. The van der Waals surface area contributed by atoms with Crippen LogP contribution in [0, 0.1) is 13.8 Å². The largest absolute Gasteiger partial charge is 0.473 e. The van der Waals surface area contributed by atoms with E-state index in [2.05, 4.69) is 45.9 Å². The summed E-state index contributed by atoms with van der Waals surface area (Å²) in [4.78, 5) is 36.7. The van der Waals surface area contributed by atoms with Crippen molar-refractivity contribution >= 4 is 40.1 Å². The Labute approximate surface area is 273 Å². The van der Waals surface area contributed by atoms with Crippen LogP contribution in [0.25, 0.3) is 22.2 Å². The van der Waals surface area contributed by atoms with Gasteiger partial charge >= 0.3 is 0 Å². The maximum absolute atomic E-state index is 13.2. The standard InChI is InChI=1S/C34H41N11O2/c1-21-16-36-34(41-29-14-22(2)44(3)43-29)42-32(21)26-17-35-33-25(26)10-7-11-27(33)40-30(46)19-45-13-12-24(18-45)47-31-15-28(37-20-38-31)39-23-8-5-4-6-9-23/h7,10-11,14-17,20,23-24,35H,4-6,8-9,12-13,18-19H2,1-3H3,(H,40,46)(H,37,38,39)(H,36,41,42,43). The molecule has 4 aromatic heterocycles. The number of nitrogens with zero attached hydrogens (tertiary/aromatic N) is 7. The van der Waals surface area contributed by atoms with Crippen LogP contribution in [0.5, 0.6) is 5.88 Å². The molecule has 47 heavy (non-hydrogen) atoms. The molecular formula is C34H41N11O2. The molecule has 0 radical (unpaired) electrons. The number of ether oxygens (including phenoxy) is 1. The fourth-order valence-electron chi connectivity index (χ4n) is 6.51. The number of rotatable bonds is 10. The van der Waals surface area contributed by atoms with Gasteiger partial charge < -0.3 is 25.7 Å². The zero-order valence-electron chi connectivity index (χ0n) is 27.1. The van der Waals surface area contributed by atoms with Crippen LogP contribution in [0.1, 0.15) is 49.8 Å². The predicted molar refractivity (Wildman–Crippen MR) is 182 cm³/mol. The van der Waals surface area contributed by atoms with Gasteiger partial charge in [-0.25, -0.2) is 19.9 Å². The van der Waals surface area contributed by atoms with Gasteiger partial charge in [-0.05, 0) is 44.7 Å². The first kappa shape index (κ1) is 30.6. The molecule has 1 amide bonds. The van der Waals surface area contributed by atoms with Crippen molar-refractivity contribution in [2.75, 3.05) is 35.6 Å². The number of aromatic nitrogens is 7. The Morgan fingerprint density at radius 3 is 2.77 bits per heavy atom. The molecule has 0 bridgehead atoms. The van der Waals surface area contributed by atoms with Crippen molar-refractivity contribution in [3.63, 3.8) is 0 Å². The summed E-state index contributed by atoms with van der Waals surface area (Å²) >= 11 is 0. The van der Waals surface area contributed by atoms with E-state index in [0.717, 1.165) is 57.9 Å². The number of hydrogen-bond donors (Lipinski definition) is 4. The number of aryl methyl sites for hydroxylation is 3. The number of fused-ring (bicyclic) bond motifs is 1. The van der Waals surface area contributed by atoms with Gasteiger partial charge in [0, 0.05) is 67.3 Å². The number of anilines is 4. The van der Waals surface area contributed by atoms with Crippen molar-refractivity contribution < 1.29 is 9.53 Å². The molecule has 5 heterocycles. The molecule has 1 aliphatic heterocycles. The molecule has 2 aliphatic rings. The molecule has 13 nitrogen and oxygen atoms in total. The molecule has 1 saturated heterocycles. The Morgan fingerprint density at radius 1 is 1.06 bits per heavy atom. The van der Waals surface area contributed by atoms with E-state index in [9.17, 15) is 4.79 Å². The van der Waals surface area contributed by atoms with Crippen LogP contribution in [-0.4, -0.2) is 77.3 Å². The Hall–Kier alpha value is -5.04. The highest BCUT2D eigenvalue weighted by Gasteiger charge is 2.26. The first-order valence-corrected chi connectivity index (χ1v) is 16.4. The topological polar surface area (TPSA) is 151 Å². The number of carbonyl (C=O) groups is 1. The third kappa shape index (κ3) is 7.04. The lowest BCUT2D eigenvalue weighted by Gasteiger charge is -2.23. The average molecular weight is 636 g/mol. The molecule has 1 saturated carbocycles. The summed E-state index contributed by atoms with van der Waals surface area (Å²) in [6, 6.07) is 10.2. The summed E-state index contributed by atoms with van der Waals surface area (Å²) < 4.78 is 8.01. The van der Waals surface area contributed by atoms with Gasteiger partial charge in [-0.2, -0.15) is 5.10 Å². The minimum atomic E-state index is -0.0781. The molecule has 244 valence electrons. The first-order chi connectivity index (χ1) is 22.9. The lowest BCUT2D eigenvalue weighted by molar-refractivity contribution is -0.117. The van der Waals surface area contributed by atoms with Crippen molar-refractivity contribution in [2.45, 2.75) is 64.5 Å². The molecule has 1 aromatic carbocycles. The van der Waals surface area contributed by atoms with Gasteiger partial charge in [-0.15, -0.1) is 0 Å². The molecule has 7 rings (SSSR count). The molecule has 0 spiro atoms. The molecule has 1 unspecified atom stereocenters. The van der Waals surface area contributed by atoms with Crippen molar-refractivity contribution in [3.05, 3.63) is 60.3 Å². The second kappa shape index (κ2) is 13.4. The molecular weight excluding hydrogens is 594 g/mol. The minimum absolute atomic E-state index is 0.0354. The zero-order chi connectivity index (χ0) is 32.3. The third-order valence-corrected chi connectivity index (χ3v) is 9.05. The smallest absolute Gasteiger partial charge is 0.238 e. The van der Waals surface area contributed by atoms with Crippen molar-refractivity contribution in [2.24, 2.45) is 7.05 Å². The van der Waals surface area contributed by atoms with E-state index in [-0.39, 0.29) is 18.6 Å². The van der Waals surface area contributed by atoms with E-state index < -0.39 is 0 Å². The number of hydrogen-bond acceptors (Lipinski definition) is 10. The molecule has 1 aliphatic carbocycles. The van der Waals surface area contributed by atoms with E-state index in [1.54, 1.807) is 17.2 Å². The summed E-state index contributed by atoms with van der Waals surface area (Å²) in [5.41, 5.74) is 5.26. The second-order valence-corrected chi connectivity index (χ2v) is 12.6. The first-order valence-electron chi connectivity index (χ1n) is 16.4. The predicted octanol–water partition coefficient (Wildman–Crippen LogP) is 5.35. The van der Waals surface area contributed by atoms with Crippen molar-refractivity contribution in [1.29, 1.82) is 0 Å². The van der Waals surface area contributed by atoms with Crippen LogP contribution in [0.4, 0.5) is 23.3 Å². The van der Waals surface area contributed by atoms with E-state index in [1.807, 2.05) is 57.4 Å². The van der Waals surface area contributed by atoms with Crippen molar-refractivity contribution in [1.82, 2.24) is 39.6 Å². The van der Waals surface area contributed by atoms with Crippen LogP contribution in [0.3, 0.4) is 0 Å². The quantitative estimate of drug-likeness (QED) is 0.158. The lowest BCUT2D eigenvalue weighted by atomic mass is 9.95. The summed E-state index contributed by atoms with van der Waals surface area (Å²) in [6.07, 6.45) is 12.2. The van der Waals surface area contributed by atoms with E-state index >= 15 is 0 Å². The zero-order valence-corrected chi connectivity index (χ0v) is 27.1. The van der Waals surface area contributed by atoms with Gasteiger partial charge in [0.15, 0.2) is 5.82 Å². The Balaban J connectivity index is 0.974. The summed E-state index contributed by atoms with van der Waals surface area (Å²) in [7, 11) is 1.90. The second-order valence-electron chi connectivity index (χ2n) is 12.6. The highest BCUT2D eigenvalue weighted by molar-refractivity contribution is 6.06. The fourth-order valence-corrected chi connectivity index (χ4v) is 6.51. The van der Waals surface area contributed by atoms with Gasteiger partial charge in [0.05, 0.1) is 23.4 Å². The fraction of sp³-hybridized carbons (Fsp3) is 0.412. The number of nitrogens with one attached hydrogen (secondary N) is 4. The molecule has 13 heteroatoms. The number of benzene rings is 1. The molecule has 2 fully saturated rings. The monoisotopic (exact) mass is 635 g/mol. The molecule has 1 atom stereocenters.